The largest absolute Gasteiger partial charge is 0.302 e. The van der Waals surface area contributed by atoms with E-state index in [1.165, 1.54) is 0 Å². The van der Waals surface area contributed by atoms with E-state index in [-0.39, 0.29) is 5.91 Å². The standard InChI is InChI=1S/C12H24N4O/c1-11(2)10-16(9-5-7-13)8-4-3-6-12(17)15-14/h11H,3-6,8-10,14H2,1-2H3,(H,15,17). The Bertz CT molecular complexity index is 247. The van der Waals surface area contributed by atoms with Gasteiger partial charge in [-0.25, -0.2) is 5.84 Å². The number of unbranched alkanes of at least 4 members (excludes halogenated alkanes) is 1. The number of amides is 1. The van der Waals surface area contributed by atoms with Crippen molar-refractivity contribution in [1.29, 1.82) is 5.26 Å². The Labute approximate surface area is 104 Å². The highest BCUT2D eigenvalue weighted by Gasteiger charge is 2.07. The number of nitrogens with zero attached hydrogens (tertiary/aromatic N) is 2. The molecule has 17 heavy (non-hydrogen) atoms. The van der Waals surface area contributed by atoms with Crippen LogP contribution in [0, 0.1) is 17.2 Å². The average Bonchev–Trinajstić information content (AvgIpc) is 2.30. The number of nitriles is 1. The molecular weight excluding hydrogens is 216 g/mol. The number of nitrogens with two attached hydrogens (primary N) is 1. The first-order valence-electron chi connectivity index (χ1n) is 6.19. The predicted molar refractivity (Wildman–Crippen MR) is 67.7 cm³/mol. The zero-order valence-electron chi connectivity index (χ0n) is 10.9. The van der Waals surface area contributed by atoms with Gasteiger partial charge in [0.25, 0.3) is 0 Å². The van der Waals surface area contributed by atoms with Gasteiger partial charge in [-0.1, -0.05) is 13.8 Å². The van der Waals surface area contributed by atoms with Crippen LogP contribution in [-0.4, -0.2) is 30.4 Å². The lowest BCUT2D eigenvalue weighted by atomic mass is 10.1. The summed E-state index contributed by atoms with van der Waals surface area (Å²) in [5.41, 5.74) is 2.12. The molecule has 0 spiro atoms. The minimum atomic E-state index is -0.113. The van der Waals surface area contributed by atoms with Gasteiger partial charge in [-0.2, -0.15) is 5.26 Å². The lowest BCUT2D eigenvalue weighted by Crippen LogP contribution is -2.31. The number of carbonyl (C=O) groups is 1. The second-order valence-corrected chi connectivity index (χ2v) is 4.63. The zero-order valence-corrected chi connectivity index (χ0v) is 10.9. The molecule has 0 aliphatic carbocycles. The highest BCUT2D eigenvalue weighted by Crippen LogP contribution is 2.04. The summed E-state index contributed by atoms with van der Waals surface area (Å²) >= 11 is 0. The molecule has 98 valence electrons. The van der Waals surface area contributed by atoms with E-state index < -0.39 is 0 Å². The maximum absolute atomic E-state index is 10.9. The van der Waals surface area contributed by atoms with Crippen LogP contribution < -0.4 is 11.3 Å². The van der Waals surface area contributed by atoms with Crippen molar-refractivity contribution in [2.45, 2.75) is 39.5 Å². The van der Waals surface area contributed by atoms with E-state index in [0.29, 0.717) is 18.8 Å². The first-order valence-corrected chi connectivity index (χ1v) is 6.19. The van der Waals surface area contributed by atoms with E-state index in [2.05, 4.69) is 30.2 Å². The summed E-state index contributed by atoms with van der Waals surface area (Å²) in [7, 11) is 0. The van der Waals surface area contributed by atoms with Gasteiger partial charge in [-0.05, 0) is 25.3 Å². The maximum atomic E-state index is 10.9. The van der Waals surface area contributed by atoms with Crippen LogP contribution in [0.3, 0.4) is 0 Å². The lowest BCUT2D eigenvalue weighted by molar-refractivity contribution is -0.121. The van der Waals surface area contributed by atoms with Gasteiger partial charge in [0, 0.05) is 25.9 Å². The van der Waals surface area contributed by atoms with Crippen LogP contribution in [0.25, 0.3) is 0 Å². The van der Waals surface area contributed by atoms with Gasteiger partial charge in [-0.15, -0.1) is 0 Å². The third kappa shape index (κ3) is 9.79. The molecule has 1 amide bonds. The normalized spacial score (nSPS) is 10.6. The van der Waals surface area contributed by atoms with Crippen molar-refractivity contribution < 1.29 is 4.79 Å². The van der Waals surface area contributed by atoms with Crippen molar-refractivity contribution in [2.75, 3.05) is 19.6 Å². The van der Waals surface area contributed by atoms with Crippen LogP contribution in [0.15, 0.2) is 0 Å². The lowest BCUT2D eigenvalue weighted by Gasteiger charge is -2.23. The highest BCUT2D eigenvalue weighted by molar-refractivity contribution is 5.75. The van der Waals surface area contributed by atoms with Crippen molar-refractivity contribution in [3.8, 4) is 6.07 Å². The molecule has 0 atom stereocenters. The molecule has 0 bridgehead atoms. The summed E-state index contributed by atoms with van der Waals surface area (Å²) in [5, 5.41) is 8.58. The Kier molecular flexibility index (Phi) is 9.40. The summed E-state index contributed by atoms with van der Waals surface area (Å²) in [5.74, 6) is 5.48. The van der Waals surface area contributed by atoms with Gasteiger partial charge < -0.3 is 4.90 Å². The van der Waals surface area contributed by atoms with Crippen molar-refractivity contribution in [1.82, 2.24) is 10.3 Å². The summed E-state index contributed by atoms with van der Waals surface area (Å²) in [6.07, 6.45) is 2.84. The molecule has 0 aromatic heterocycles. The zero-order chi connectivity index (χ0) is 13.1. The molecule has 0 unspecified atom stereocenters. The number of rotatable bonds is 9. The molecular formula is C12H24N4O. The van der Waals surface area contributed by atoms with Crippen molar-refractivity contribution in [3.05, 3.63) is 0 Å². The van der Waals surface area contributed by atoms with Crippen LogP contribution in [-0.2, 0) is 4.79 Å². The molecule has 0 rings (SSSR count). The number of hydrogen-bond donors (Lipinski definition) is 2. The Hall–Kier alpha value is -1.12. The summed E-state index contributed by atoms with van der Waals surface area (Å²) in [4.78, 5) is 13.2. The van der Waals surface area contributed by atoms with Gasteiger partial charge in [0.05, 0.1) is 6.07 Å². The Morgan fingerprint density at radius 3 is 2.65 bits per heavy atom. The van der Waals surface area contributed by atoms with E-state index in [9.17, 15) is 4.79 Å². The van der Waals surface area contributed by atoms with E-state index in [1.807, 2.05) is 0 Å². The van der Waals surface area contributed by atoms with Crippen LogP contribution in [0.2, 0.25) is 0 Å². The molecule has 0 saturated carbocycles. The van der Waals surface area contributed by atoms with Gasteiger partial charge in [-0.3, -0.25) is 10.2 Å². The van der Waals surface area contributed by atoms with Crippen molar-refractivity contribution in [2.24, 2.45) is 11.8 Å². The molecule has 0 fully saturated rings. The van der Waals surface area contributed by atoms with Crippen LogP contribution >= 0.6 is 0 Å². The molecule has 5 heteroatoms. The molecule has 0 aliphatic heterocycles. The number of hydrogen-bond acceptors (Lipinski definition) is 4. The van der Waals surface area contributed by atoms with E-state index in [0.717, 1.165) is 32.5 Å². The quantitative estimate of drug-likeness (QED) is 0.273. The monoisotopic (exact) mass is 240 g/mol. The molecule has 0 saturated heterocycles. The second kappa shape index (κ2) is 10.1. The summed E-state index contributed by atoms with van der Waals surface area (Å²) in [6.45, 7) is 7.10. The molecule has 0 aromatic carbocycles. The minimum absolute atomic E-state index is 0.113. The summed E-state index contributed by atoms with van der Waals surface area (Å²) < 4.78 is 0. The highest BCUT2D eigenvalue weighted by atomic mass is 16.2. The third-order valence-electron chi connectivity index (χ3n) is 2.45. The van der Waals surface area contributed by atoms with Crippen molar-refractivity contribution in [3.63, 3.8) is 0 Å². The first-order chi connectivity index (χ1) is 8.10. The molecule has 3 N–H and O–H groups in total. The fourth-order valence-corrected chi connectivity index (χ4v) is 1.71. The Balaban J connectivity index is 3.75. The Morgan fingerprint density at radius 1 is 1.41 bits per heavy atom. The average molecular weight is 240 g/mol. The van der Waals surface area contributed by atoms with E-state index >= 15 is 0 Å². The number of nitrogens with one attached hydrogen (secondary N) is 1. The minimum Gasteiger partial charge on any atom is -0.302 e. The summed E-state index contributed by atoms with van der Waals surface area (Å²) in [6, 6.07) is 2.17. The van der Waals surface area contributed by atoms with Gasteiger partial charge >= 0.3 is 0 Å². The predicted octanol–water partition coefficient (Wildman–Crippen LogP) is 1.02. The van der Waals surface area contributed by atoms with Gasteiger partial charge in [0.2, 0.25) is 5.91 Å². The van der Waals surface area contributed by atoms with Crippen LogP contribution in [0.1, 0.15) is 39.5 Å². The maximum Gasteiger partial charge on any atom is 0.233 e. The molecule has 0 aromatic rings. The van der Waals surface area contributed by atoms with Crippen molar-refractivity contribution >= 4 is 5.91 Å². The smallest absolute Gasteiger partial charge is 0.233 e. The molecule has 0 radical (unpaired) electrons. The van der Waals surface area contributed by atoms with Crippen LogP contribution in [0.5, 0.6) is 0 Å². The first kappa shape index (κ1) is 15.9. The van der Waals surface area contributed by atoms with E-state index in [4.69, 9.17) is 11.1 Å². The topological polar surface area (TPSA) is 82.2 Å². The third-order valence-corrected chi connectivity index (χ3v) is 2.45. The SMILES string of the molecule is CC(C)CN(CCC#N)CCCCC(=O)NN. The Morgan fingerprint density at radius 2 is 2.12 bits per heavy atom. The molecule has 0 aliphatic rings. The number of carbonyl (C=O) groups excluding carboxylic acids is 1. The van der Waals surface area contributed by atoms with E-state index in [1.54, 1.807) is 0 Å². The fraction of sp³-hybridized carbons (Fsp3) is 0.833. The molecule has 5 nitrogen and oxygen atoms in total. The van der Waals surface area contributed by atoms with Gasteiger partial charge in [0.15, 0.2) is 0 Å². The van der Waals surface area contributed by atoms with Gasteiger partial charge in [0.1, 0.15) is 0 Å². The second-order valence-electron chi connectivity index (χ2n) is 4.63. The molecule has 0 heterocycles. The number of hydrazine groups is 1. The van der Waals surface area contributed by atoms with Crippen LogP contribution in [0.4, 0.5) is 0 Å². The fourth-order valence-electron chi connectivity index (χ4n) is 1.71.